The van der Waals surface area contributed by atoms with Gasteiger partial charge in [0.05, 0.1) is 6.04 Å². The molecule has 1 N–H and O–H groups in total. The molecular weight excluding hydrogens is 122 g/mol. The Morgan fingerprint density at radius 3 is 2.90 bits per heavy atom. The van der Waals surface area contributed by atoms with Crippen molar-refractivity contribution in [1.29, 1.82) is 0 Å². The summed E-state index contributed by atoms with van der Waals surface area (Å²) in [6.45, 7) is 2.17. The maximum atomic E-state index is 3.31. The first-order valence-electron chi connectivity index (χ1n) is 3.65. The average Bonchev–Trinajstić information content (AvgIpc) is 2.34. The highest BCUT2D eigenvalue weighted by Crippen LogP contribution is 2.24. The second kappa shape index (κ2) is 2.01. The smallest absolute Gasteiger partial charge is 0.0542 e. The largest absolute Gasteiger partial charge is 0.384 e. The summed E-state index contributed by atoms with van der Waals surface area (Å²) in [6.07, 6.45) is 10.8. The Morgan fingerprint density at radius 1 is 1.30 bits per heavy atom. The molecule has 52 valence electrons. The predicted octanol–water partition coefficient (Wildman–Crippen LogP) is 1.60. The van der Waals surface area contributed by atoms with E-state index in [0.717, 1.165) is 0 Å². The van der Waals surface area contributed by atoms with Gasteiger partial charge < -0.3 is 5.32 Å². The fourth-order valence-corrected chi connectivity index (χ4v) is 1.53. The van der Waals surface area contributed by atoms with Gasteiger partial charge in [0.25, 0.3) is 0 Å². The van der Waals surface area contributed by atoms with Crippen LogP contribution in [0.3, 0.4) is 0 Å². The summed E-state index contributed by atoms with van der Waals surface area (Å²) in [5, 5.41) is 3.31. The van der Waals surface area contributed by atoms with E-state index in [1.807, 2.05) is 0 Å². The Kier molecular flexibility index (Phi) is 1.16. The molecule has 2 unspecified atom stereocenters. The van der Waals surface area contributed by atoms with E-state index in [4.69, 9.17) is 0 Å². The number of rotatable bonds is 0. The molecule has 10 heavy (non-hydrogen) atoms. The van der Waals surface area contributed by atoms with Crippen molar-refractivity contribution in [2.75, 3.05) is 0 Å². The third-order valence-corrected chi connectivity index (χ3v) is 2.16. The van der Waals surface area contributed by atoms with Crippen LogP contribution >= 0.6 is 0 Å². The SMILES string of the molecule is CC1=CNC2C=CC=CC12. The average molecular weight is 133 g/mol. The Labute approximate surface area is 61.1 Å². The number of hydrogen-bond acceptors (Lipinski definition) is 1. The van der Waals surface area contributed by atoms with E-state index < -0.39 is 0 Å². The molecule has 2 rings (SSSR count). The van der Waals surface area contributed by atoms with Crippen LogP contribution in [0.1, 0.15) is 6.92 Å². The van der Waals surface area contributed by atoms with Crippen LogP contribution in [-0.2, 0) is 0 Å². The van der Waals surface area contributed by atoms with E-state index in [1.165, 1.54) is 5.57 Å². The lowest BCUT2D eigenvalue weighted by Gasteiger charge is -2.16. The molecule has 0 fully saturated rings. The van der Waals surface area contributed by atoms with Crippen molar-refractivity contribution in [1.82, 2.24) is 5.32 Å². The summed E-state index contributed by atoms with van der Waals surface area (Å²) in [5.74, 6) is 0.616. The zero-order chi connectivity index (χ0) is 6.97. The molecule has 1 nitrogen and oxygen atoms in total. The summed E-state index contributed by atoms with van der Waals surface area (Å²) in [6, 6.07) is 0.532. The maximum Gasteiger partial charge on any atom is 0.0542 e. The van der Waals surface area contributed by atoms with E-state index in [0.29, 0.717) is 12.0 Å². The van der Waals surface area contributed by atoms with Gasteiger partial charge >= 0.3 is 0 Å². The van der Waals surface area contributed by atoms with Crippen molar-refractivity contribution in [2.45, 2.75) is 13.0 Å². The number of nitrogens with one attached hydrogen (secondary N) is 1. The molecule has 0 aromatic rings. The van der Waals surface area contributed by atoms with Crippen LogP contribution < -0.4 is 5.32 Å². The fraction of sp³-hybridized carbons (Fsp3) is 0.333. The zero-order valence-corrected chi connectivity index (χ0v) is 6.04. The molecule has 2 atom stereocenters. The van der Waals surface area contributed by atoms with Gasteiger partial charge in [0, 0.05) is 5.92 Å². The monoisotopic (exact) mass is 133 g/mol. The summed E-state index contributed by atoms with van der Waals surface area (Å²) in [5.41, 5.74) is 1.44. The highest BCUT2D eigenvalue weighted by atomic mass is 14.9. The molecule has 0 bridgehead atoms. The van der Waals surface area contributed by atoms with Crippen LogP contribution in [0.25, 0.3) is 0 Å². The molecule has 0 radical (unpaired) electrons. The standard InChI is InChI=1S/C9H11N/c1-7-6-10-9-5-3-2-4-8(7)9/h2-6,8-10H,1H3. The summed E-state index contributed by atoms with van der Waals surface area (Å²) < 4.78 is 0. The van der Waals surface area contributed by atoms with Gasteiger partial charge in [-0.1, -0.05) is 24.3 Å². The Morgan fingerprint density at radius 2 is 2.10 bits per heavy atom. The van der Waals surface area contributed by atoms with Crippen LogP contribution in [0.15, 0.2) is 36.1 Å². The molecule has 1 aliphatic carbocycles. The van der Waals surface area contributed by atoms with Crippen LogP contribution in [0, 0.1) is 5.92 Å². The Balaban J connectivity index is 2.27. The van der Waals surface area contributed by atoms with Crippen molar-refractivity contribution in [3.05, 3.63) is 36.1 Å². The number of allylic oxidation sites excluding steroid dienone is 2. The number of fused-ring (bicyclic) bond motifs is 1. The normalized spacial score (nSPS) is 35.1. The van der Waals surface area contributed by atoms with Crippen LogP contribution in [0.4, 0.5) is 0 Å². The predicted molar refractivity (Wildman–Crippen MR) is 42.5 cm³/mol. The fourth-order valence-electron chi connectivity index (χ4n) is 1.53. The zero-order valence-electron chi connectivity index (χ0n) is 6.04. The third-order valence-electron chi connectivity index (χ3n) is 2.16. The van der Waals surface area contributed by atoms with E-state index in [1.54, 1.807) is 0 Å². The quantitative estimate of drug-likeness (QED) is 0.529. The lowest BCUT2D eigenvalue weighted by molar-refractivity contribution is 0.632. The van der Waals surface area contributed by atoms with Crippen molar-refractivity contribution in [2.24, 2.45) is 5.92 Å². The van der Waals surface area contributed by atoms with Gasteiger partial charge in [0.15, 0.2) is 0 Å². The molecule has 0 aromatic heterocycles. The molecule has 2 aliphatic rings. The minimum atomic E-state index is 0.532. The second-order valence-corrected chi connectivity index (χ2v) is 2.88. The second-order valence-electron chi connectivity index (χ2n) is 2.88. The third kappa shape index (κ3) is 0.703. The minimum absolute atomic E-state index is 0.532. The van der Waals surface area contributed by atoms with Gasteiger partial charge in [-0.2, -0.15) is 0 Å². The highest BCUT2D eigenvalue weighted by Gasteiger charge is 2.23. The van der Waals surface area contributed by atoms with Gasteiger partial charge in [0.1, 0.15) is 0 Å². The lowest BCUT2D eigenvalue weighted by atomic mass is 9.92. The first-order valence-corrected chi connectivity index (χ1v) is 3.65. The van der Waals surface area contributed by atoms with E-state index in [-0.39, 0.29) is 0 Å². The van der Waals surface area contributed by atoms with Gasteiger partial charge in [-0.3, -0.25) is 0 Å². The van der Waals surface area contributed by atoms with E-state index in [9.17, 15) is 0 Å². The summed E-state index contributed by atoms with van der Waals surface area (Å²) in [4.78, 5) is 0. The first kappa shape index (κ1) is 5.78. The van der Waals surface area contributed by atoms with Crippen LogP contribution in [-0.4, -0.2) is 6.04 Å². The van der Waals surface area contributed by atoms with Gasteiger partial charge in [0.2, 0.25) is 0 Å². The van der Waals surface area contributed by atoms with Crippen LogP contribution in [0.5, 0.6) is 0 Å². The van der Waals surface area contributed by atoms with Gasteiger partial charge in [-0.25, -0.2) is 0 Å². The lowest BCUT2D eigenvalue weighted by Crippen LogP contribution is -2.24. The topological polar surface area (TPSA) is 12.0 Å². The molecule has 0 saturated carbocycles. The maximum absolute atomic E-state index is 3.31. The first-order chi connectivity index (χ1) is 4.88. The summed E-state index contributed by atoms with van der Waals surface area (Å²) in [7, 11) is 0. The van der Waals surface area contributed by atoms with Crippen molar-refractivity contribution in [3.8, 4) is 0 Å². The van der Waals surface area contributed by atoms with Crippen molar-refractivity contribution in [3.63, 3.8) is 0 Å². The van der Waals surface area contributed by atoms with Crippen molar-refractivity contribution >= 4 is 0 Å². The molecule has 0 saturated heterocycles. The van der Waals surface area contributed by atoms with Crippen LogP contribution in [0.2, 0.25) is 0 Å². The molecule has 1 heteroatoms. The molecule has 1 heterocycles. The molecule has 0 spiro atoms. The summed E-state index contributed by atoms with van der Waals surface area (Å²) >= 11 is 0. The number of hydrogen-bond donors (Lipinski definition) is 1. The highest BCUT2D eigenvalue weighted by molar-refractivity contribution is 5.29. The van der Waals surface area contributed by atoms with Crippen molar-refractivity contribution < 1.29 is 0 Å². The molecule has 1 aliphatic heterocycles. The van der Waals surface area contributed by atoms with E-state index in [2.05, 4.69) is 42.7 Å². The molecule has 0 amide bonds. The van der Waals surface area contributed by atoms with Gasteiger partial charge in [-0.05, 0) is 18.7 Å². The van der Waals surface area contributed by atoms with Gasteiger partial charge in [-0.15, -0.1) is 0 Å². The van der Waals surface area contributed by atoms with E-state index >= 15 is 0 Å². The Hall–Kier alpha value is -0.980. The minimum Gasteiger partial charge on any atom is -0.384 e. The Bertz CT molecular complexity index is 223. The molecular formula is C9H11N. The molecule has 0 aromatic carbocycles.